The molecule has 1 heterocycles. The summed E-state index contributed by atoms with van der Waals surface area (Å²) in [6.07, 6.45) is 2.42. The number of aryl methyl sites for hydroxylation is 1. The number of hydrogen-bond donors (Lipinski definition) is 2. The predicted molar refractivity (Wildman–Crippen MR) is 68.0 cm³/mol. The summed E-state index contributed by atoms with van der Waals surface area (Å²) in [4.78, 5) is 11.4. The van der Waals surface area contributed by atoms with Crippen molar-refractivity contribution in [2.45, 2.75) is 26.2 Å². The number of carbonyl (C=O) groups is 1. The highest BCUT2D eigenvalue weighted by molar-refractivity contribution is 5.76. The number of nitrogens with two attached hydrogens (primary N) is 1. The molecule has 4 heteroatoms. The summed E-state index contributed by atoms with van der Waals surface area (Å²) in [5, 5.41) is 3.31. The molecule has 0 spiro atoms. The predicted octanol–water partition coefficient (Wildman–Crippen LogP) is 1.73. The zero-order chi connectivity index (χ0) is 12.3. The molecule has 1 aromatic rings. The number of nitrogens with one attached hydrogen (secondary N) is 1. The van der Waals surface area contributed by atoms with Crippen molar-refractivity contribution >= 4 is 17.3 Å². The second-order valence-electron chi connectivity index (χ2n) is 4.22. The van der Waals surface area contributed by atoms with Gasteiger partial charge in [-0.1, -0.05) is 6.07 Å². The molecule has 0 fully saturated rings. The first-order chi connectivity index (χ1) is 8.20. The quantitative estimate of drug-likeness (QED) is 0.617. The smallest absolute Gasteiger partial charge is 0.310 e. The fourth-order valence-corrected chi connectivity index (χ4v) is 2.11. The van der Waals surface area contributed by atoms with Crippen LogP contribution in [0.2, 0.25) is 0 Å². The molecule has 3 N–H and O–H groups in total. The highest BCUT2D eigenvalue weighted by atomic mass is 16.5. The third-order valence-electron chi connectivity index (χ3n) is 2.94. The fraction of sp³-hybridized carbons (Fsp3) is 0.462. The third-order valence-corrected chi connectivity index (χ3v) is 2.94. The van der Waals surface area contributed by atoms with Gasteiger partial charge in [0.05, 0.1) is 13.0 Å². The summed E-state index contributed by atoms with van der Waals surface area (Å²) in [6.45, 7) is 3.20. The number of benzene rings is 1. The van der Waals surface area contributed by atoms with E-state index >= 15 is 0 Å². The molecule has 92 valence electrons. The zero-order valence-corrected chi connectivity index (χ0v) is 10.1. The Labute approximate surface area is 101 Å². The molecule has 1 aromatic carbocycles. The van der Waals surface area contributed by atoms with Crippen LogP contribution >= 0.6 is 0 Å². The minimum atomic E-state index is -0.220. The number of fused-ring (bicyclic) bond motifs is 1. The largest absolute Gasteiger partial charge is 0.466 e. The van der Waals surface area contributed by atoms with Gasteiger partial charge in [0.2, 0.25) is 0 Å². The van der Waals surface area contributed by atoms with Gasteiger partial charge in [0.15, 0.2) is 0 Å². The molecule has 0 unspecified atom stereocenters. The second kappa shape index (κ2) is 5.08. The van der Waals surface area contributed by atoms with Crippen LogP contribution in [-0.4, -0.2) is 19.1 Å². The van der Waals surface area contributed by atoms with Gasteiger partial charge in [-0.05, 0) is 37.0 Å². The van der Waals surface area contributed by atoms with E-state index in [9.17, 15) is 4.79 Å². The Morgan fingerprint density at radius 3 is 3.12 bits per heavy atom. The average molecular weight is 234 g/mol. The number of carbonyl (C=O) groups excluding carboxylic acids is 1. The van der Waals surface area contributed by atoms with Gasteiger partial charge in [0, 0.05) is 17.9 Å². The van der Waals surface area contributed by atoms with E-state index in [1.54, 1.807) is 6.92 Å². The van der Waals surface area contributed by atoms with Crippen LogP contribution in [0.3, 0.4) is 0 Å². The second-order valence-corrected chi connectivity index (χ2v) is 4.22. The van der Waals surface area contributed by atoms with Gasteiger partial charge in [-0.15, -0.1) is 0 Å². The number of ether oxygens (including phenoxy) is 1. The molecule has 1 aliphatic heterocycles. The van der Waals surface area contributed by atoms with E-state index in [0.29, 0.717) is 12.3 Å². The maximum atomic E-state index is 11.4. The van der Waals surface area contributed by atoms with Crippen molar-refractivity contribution in [3.8, 4) is 0 Å². The number of esters is 1. The maximum Gasteiger partial charge on any atom is 0.310 e. The van der Waals surface area contributed by atoms with Gasteiger partial charge in [0.25, 0.3) is 0 Å². The highest BCUT2D eigenvalue weighted by Gasteiger charge is 2.14. The van der Waals surface area contributed by atoms with Crippen LogP contribution in [0.4, 0.5) is 11.4 Å². The van der Waals surface area contributed by atoms with Crippen molar-refractivity contribution in [1.29, 1.82) is 0 Å². The van der Waals surface area contributed by atoms with Crippen LogP contribution in [0.25, 0.3) is 0 Å². The average Bonchev–Trinajstić information content (AvgIpc) is 2.30. The van der Waals surface area contributed by atoms with E-state index in [-0.39, 0.29) is 12.4 Å². The third kappa shape index (κ3) is 2.70. The lowest BCUT2D eigenvalue weighted by atomic mass is 9.98. The Morgan fingerprint density at radius 1 is 1.53 bits per heavy atom. The molecule has 1 aliphatic rings. The van der Waals surface area contributed by atoms with Crippen molar-refractivity contribution in [2.75, 3.05) is 24.2 Å². The normalized spacial score (nSPS) is 13.7. The molecular weight excluding hydrogens is 216 g/mol. The van der Waals surface area contributed by atoms with E-state index < -0.39 is 0 Å². The van der Waals surface area contributed by atoms with Crippen LogP contribution in [0.15, 0.2) is 12.1 Å². The van der Waals surface area contributed by atoms with Crippen molar-refractivity contribution in [3.05, 3.63) is 23.3 Å². The first-order valence-electron chi connectivity index (χ1n) is 6.01. The van der Waals surface area contributed by atoms with E-state index in [4.69, 9.17) is 10.5 Å². The van der Waals surface area contributed by atoms with Crippen LogP contribution in [-0.2, 0) is 22.4 Å². The van der Waals surface area contributed by atoms with Crippen LogP contribution in [0.1, 0.15) is 24.5 Å². The molecule has 0 atom stereocenters. The lowest BCUT2D eigenvalue weighted by molar-refractivity contribution is -0.142. The van der Waals surface area contributed by atoms with Gasteiger partial charge in [-0.3, -0.25) is 4.79 Å². The Morgan fingerprint density at radius 2 is 2.35 bits per heavy atom. The summed E-state index contributed by atoms with van der Waals surface area (Å²) in [7, 11) is 0. The van der Waals surface area contributed by atoms with Gasteiger partial charge < -0.3 is 15.8 Å². The van der Waals surface area contributed by atoms with Gasteiger partial charge >= 0.3 is 5.97 Å². The van der Waals surface area contributed by atoms with E-state index in [0.717, 1.165) is 30.6 Å². The molecule has 0 bridgehead atoms. The monoisotopic (exact) mass is 234 g/mol. The van der Waals surface area contributed by atoms with Gasteiger partial charge in [-0.2, -0.15) is 0 Å². The number of rotatable bonds is 3. The first kappa shape index (κ1) is 11.8. The van der Waals surface area contributed by atoms with Crippen LogP contribution in [0.5, 0.6) is 0 Å². The summed E-state index contributed by atoms with van der Waals surface area (Å²) in [6, 6.07) is 3.94. The van der Waals surface area contributed by atoms with Crippen molar-refractivity contribution in [2.24, 2.45) is 0 Å². The molecule has 0 saturated carbocycles. The molecule has 17 heavy (non-hydrogen) atoms. The Bertz CT molecular complexity index is 430. The minimum absolute atomic E-state index is 0.220. The highest BCUT2D eigenvalue weighted by Crippen LogP contribution is 2.27. The molecule has 0 radical (unpaired) electrons. The van der Waals surface area contributed by atoms with E-state index in [2.05, 4.69) is 5.32 Å². The molecule has 0 saturated heterocycles. The maximum absolute atomic E-state index is 11.4. The Balaban J connectivity index is 2.19. The summed E-state index contributed by atoms with van der Waals surface area (Å²) in [5.74, 6) is -0.220. The molecule has 0 aliphatic carbocycles. The summed E-state index contributed by atoms with van der Waals surface area (Å²) < 4.78 is 4.93. The Hall–Kier alpha value is -1.71. The van der Waals surface area contributed by atoms with Gasteiger partial charge in [0.1, 0.15) is 0 Å². The fourth-order valence-electron chi connectivity index (χ4n) is 2.11. The van der Waals surface area contributed by atoms with E-state index in [1.807, 2.05) is 12.1 Å². The topological polar surface area (TPSA) is 64.3 Å². The van der Waals surface area contributed by atoms with Gasteiger partial charge in [-0.25, -0.2) is 0 Å². The van der Waals surface area contributed by atoms with Crippen molar-refractivity contribution < 1.29 is 9.53 Å². The molecule has 0 amide bonds. The molecule has 2 rings (SSSR count). The first-order valence-corrected chi connectivity index (χ1v) is 6.01. The molecule has 4 nitrogen and oxygen atoms in total. The van der Waals surface area contributed by atoms with Crippen molar-refractivity contribution in [1.82, 2.24) is 0 Å². The van der Waals surface area contributed by atoms with Crippen LogP contribution < -0.4 is 11.1 Å². The standard InChI is InChI=1S/C13H18N2O2/c1-2-17-13(16)7-10-6-9-4-3-5-15-12(9)8-11(10)14/h6,8,15H,2-5,7,14H2,1H3. The zero-order valence-electron chi connectivity index (χ0n) is 10.1. The summed E-state index contributed by atoms with van der Waals surface area (Å²) in [5.41, 5.74) is 9.81. The lowest BCUT2D eigenvalue weighted by Crippen LogP contribution is -2.14. The Kier molecular flexibility index (Phi) is 3.52. The SMILES string of the molecule is CCOC(=O)Cc1cc2c(cc1N)NCCC2. The van der Waals surface area contributed by atoms with E-state index in [1.165, 1.54) is 5.56 Å². The van der Waals surface area contributed by atoms with Crippen molar-refractivity contribution in [3.63, 3.8) is 0 Å². The molecule has 0 aromatic heterocycles. The minimum Gasteiger partial charge on any atom is -0.466 e. The van der Waals surface area contributed by atoms with Crippen LogP contribution in [0, 0.1) is 0 Å². The number of anilines is 2. The summed E-state index contributed by atoms with van der Waals surface area (Å²) >= 11 is 0. The lowest BCUT2D eigenvalue weighted by Gasteiger charge is -2.20. The number of nitrogen functional groups attached to an aromatic ring is 1. The molecular formula is C13H18N2O2. The number of hydrogen-bond acceptors (Lipinski definition) is 4.